The van der Waals surface area contributed by atoms with Gasteiger partial charge in [0.05, 0.1) is 6.10 Å². The van der Waals surface area contributed by atoms with Crippen LogP contribution in [0.3, 0.4) is 0 Å². The zero-order valence-electron chi connectivity index (χ0n) is 9.85. The van der Waals surface area contributed by atoms with Gasteiger partial charge in [0, 0.05) is 39.3 Å². The van der Waals surface area contributed by atoms with E-state index >= 15 is 0 Å². The number of nitrogens with one attached hydrogen (secondary N) is 1. The fraction of sp³-hybridized carbons (Fsp3) is 0.909. The standard InChI is InChI=1S/C11H21N3O2/c1-9-8-13(4-2-10(9)15)6-7-14-5-3-12-11(14)16/h9-10,15H,2-8H2,1H3,(H,12,16). The number of piperidine rings is 1. The first-order chi connectivity index (χ1) is 7.66. The van der Waals surface area contributed by atoms with Gasteiger partial charge in [0.1, 0.15) is 0 Å². The van der Waals surface area contributed by atoms with Gasteiger partial charge in [-0.3, -0.25) is 0 Å². The van der Waals surface area contributed by atoms with Crippen molar-refractivity contribution in [3.8, 4) is 0 Å². The number of carbonyl (C=O) groups is 1. The van der Waals surface area contributed by atoms with Crippen molar-refractivity contribution in [2.24, 2.45) is 5.92 Å². The van der Waals surface area contributed by atoms with Gasteiger partial charge in [0.25, 0.3) is 0 Å². The molecule has 0 aromatic rings. The molecule has 0 aromatic heterocycles. The minimum atomic E-state index is -0.147. The van der Waals surface area contributed by atoms with Crippen LogP contribution in [0.2, 0.25) is 0 Å². The summed E-state index contributed by atoms with van der Waals surface area (Å²) in [6, 6.07) is 0.0603. The molecule has 0 aromatic carbocycles. The van der Waals surface area contributed by atoms with Gasteiger partial charge in [-0.1, -0.05) is 6.92 Å². The number of aliphatic hydroxyl groups excluding tert-OH is 1. The van der Waals surface area contributed by atoms with E-state index in [1.807, 2.05) is 4.90 Å². The Morgan fingerprint density at radius 2 is 2.25 bits per heavy atom. The Bertz CT molecular complexity index is 260. The molecule has 0 bridgehead atoms. The molecule has 2 aliphatic rings. The first kappa shape index (κ1) is 11.7. The predicted octanol–water partition coefficient (Wildman–Crippen LogP) is -0.286. The van der Waals surface area contributed by atoms with E-state index in [4.69, 9.17) is 0 Å². The van der Waals surface area contributed by atoms with Crippen molar-refractivity contribution in [1.82, 2.24) is 15.1 Å². The third kappa shape index (κ3) is 2.65. The Kier molecular flexibility index (Phi) is 3.66. The van der Waals surface area contributed by atoms with Gasteiger partial charge in [-0.15, -0.1) is 0 Å². The van der Waals surface area contributed by atoms with Crippen LogP contribution in [0.15, 0.2) is 0 Å². The zero-order valence-corrected chi connectivity index (χ0v) is 9.85. The van der Waals surface area contributed by atoms with Gasteiger partial charge in [-0.05, 0) is 12.3 Å². The molecule has 2 heterocycles. The van der Waals surface area contributed by atoms with Crippen molar-refractivity contribution in [2.75, 3.05) is 39.3 Å². The van der Waals surface area contributed by atoms with E-state index in [1.54, 1.807) is 0 Å². The van der Waals surface area contributed by atoms with E-state index in [9.17, 15) is 9.90 Å². The van der Waals surface area contributed by atoms with Crippen molar-refractivity contribution in [3.63, 3.8) is 0 Å². The summed E-state index contributed by atoms with van der Waals surface area (Å²) < 4.78 is 0. The Hall–Kier alpha value is -0.810. The summed E-state index contributed by atoms with van der Waals surface area (Å²) in [7, 11) is 0. The molecular weight excluding hydrogens is 206 g/mol. The number of aliphatic hydroxyl groups is 1. The van der Waals surface area contributed by atoms with Crippen molar-refractivity contribution < 1.29 is 9.90 Å². The van der Waals surface area contributed by atoms with Crippen LogP contribution in [0.5, 0.6) is 0 Å². The summed E-state index contributed by atoms with van der Waals surface area (Å²) in [6.45, 7) is 7.29. The minimum absolute atomic E-state index is 0.0603. The molecule has 5 nitrogen and oxygen atoms in total. The van der Waals surface area contributed by atoms with Crippen LogP contribution in [0.1, 0.15) is 13.3 Å². The number of rotatable bonds is 3. The largest absolute Gasteiger partial charge is 0.393 e. The monoisotopic (exact) mass is 227 g/mol. The third-order valence-electron chi connectivity index (χ3n) is 3.58. The summed E-state index contributed by atoms with van der Waals surface area (Å²) in [6.07, 6.45) is 0.708. The molecular formula is C11H21N3O2. The molecule has 16 heavy (non-hydrogen) atoms. The van der Waals surface area contributed by atoms with Crippen LogP contribution in [0.4, 0.5) is 4.79 Å². The molecule has 0 saturated carbocycles. The topological polar surface area (TPSA) is 55.8 Å². The van der Waals surface area contributed by atoms with Crippen molar-refractivity contribution in [1.29, 1.82) is 0 Å². The molecule has 0 radical (unpaired) electrons. The van der Waals surface area contributed by atoms with E-state index in [0.717, 1.165) is 45.7 Å². The Morgan fingerprint density at radius 1 is 1.44 bits per heavy atom. The van der Waals surface area contributed by atoms with E-state index in [-0.39, 0.29) is 12.1 Å². The highest BCUT2D eigenvalue weighted by atomic mass is 16.3. The fourth-order valence-electron chi connectivity index (χ4n) is 2.41. The summed E-state index contributed by atoms with van der Waals surface area (Å²) in [5.74, 6) is 0.348. The van der Waals surface area contributed by atoms with E-state index < -0.39 is 0 Å². The van der Waals surface area contributed by atoms with Gasteiger partial charge in [0.15, 0.2) is 0 Å². The quantitative estimate of drug-likeness (QED) is 0.697. The molecule has 2 unspecified atom stereocenters. The average Bonchev–Trinajstić information content (AvgIpc) is 2.66. The average molecular weight is 227 g/mol. The minimum Gasteiger partial charge on any atom is -0.393 e. The van der Waals surface area contributed by atoms with Crippen molar-refractivity contribution in [3.05, 3.63) is 0 Å². The molecule has 2 atom stereocenters. The fourth-order valence-corrected chi connectivity index (χ4v) is 2.41. The summed E-state index contributed by atoms with van der Waals surface area (Å²) in [4.78, 5) is 15.5. The Labute approximate surface area is 96.4 Å². The van der Waals surface area contributed by atoms with Gasteiger partial charge in [0.2, 0.25) is 0 Å². The maximum atomic E-state index is 11.3. The lowest BCUT2D eigenvalue weighted by Crippen LogP contribution is -2.45. The maximum Gasteiger partial charge on any atom is 0.317 e. The first-order valence-electron chi connectivity index (χ1n) is 6.10. The predicted molar refractivity (Wildman–Crippen MR) is 61.2 cm³/mol. The number of nitrogens with zero attached hydrogens (tertiary/aromatic N) is 2. The Morgan fingerprint density at radius 3 is 2.88 bits per heavy atom. The second kappa shape index (κ2) is 5.01. The molecule has 2 fully saturated rings. The van der Waals surface area contributed by atoms with Crippen molar-refractivity contribution >= 4 is 6.03 Å². The van der Waals surface area contributed by atoms with E-state index in [2.05, 4.69) is 17.1 Å². The molecule has 2 rings (SSSR count). The van der Waals surface area contributed by atoms with E-state index in [0.29, 0.717) is 5.92 Å². The van der Waals surface area contributed by atoms with Crippen LogP contribution in [-0.2, 0) is 0 Å². The first-order valence-corrected chi connectivity index (χ1v) is 6.10. The molecule has 0 spiro atoms. The van der Waals surface area contributed by atoms with Crippen molar-refractivity contribution in [2.45, 2.75) is 19.4 Å². The highest BCUT2D eigenvalue weighted by Crippen LogP contribution is 2.16. The lowest BCUT2D eigenvalue weighted by atomic mass is 9.97. The number of likely N-dealkylation sites (tertiary alicyclic amines) is 1. The lowest BCUT2D eigenvalue weighted by molar-refractivity contribution is 0.0332. The number of hydrogen-bond acceptors (Lipinski definition) is 3. The second-order valence-electron chi connectivity index (χ2n) is 4.85. The smallest absolute Gasteiger partial charge is 0.317 e. The second-order valence-corrected chi connectivity index (χ2v) is 4.85. The number of hydrogen-bond donors (Lipinski definition) is 2. The molecule has 2 N–H and O–H groups in total. The molecule has 2 saturated heterocycles. The van der Waals surface area contributed by atoms with Crippen LogP contribution in [0.25, 0.3) is 0 Å². The van der Waals surface area contributed by atoms with Gasteiger partial charge in [-0.25, -0.2) is 4.79 Å². The Balaban J connectivity index is 1.72. The molecule has 0 aliphatic carbocycles. The molecule has 5 heteroatoms. The highest BCUT2D eigenvalue weighted by molar-refractivity contribution is 5.76. The maximum absolute atomic E-state index is 11.3. The normalized spacial score (nSPS) is 31.9. The number of amides is 2. The highest BCUT2D eigenvalue weighted by Gasteiger charge is 2.25. The zero-order chi connectivity index (χ0) is 11.5. The van der Waals surface area contributed by atoms with Gasteiger partial charge >= 0.3 is 6.03 Å². The van der Waals surface area contributed by atoms with Gasteiger partial charge in [-0.2, -0.15) is 0 Å². The third-order valence-corrected chi connectivity index (χ3v) is 3.58. The van der Waals surface area contributed by atoms with Crippen LogP contribution in [-0.4, -0.2) is 66.3 Å². The SMILES string of the molecule is CC1CN(CCN2CCNC2=O)CCC1O. The van der Waals surface area contributed by atoms with Gasteiger partial charge < -0.3 is 20.2 Å². The van der Waals surface area contributed by atoms with E-state index in [1.165, 1.54) is 0 Å². The molecule has 92 valence electrons. The molecule has 2 amide bonds. The van der Waals surface area contributed by atoms with Crippen LogP contribution < -0.4 is 5.32 Å². The number of carbonyl (C=O) groups excluding carboxylic acids is 1. The van der Waals surface area contributed by atoms with Crippen LogP contribution >= 0.6 is 0 Å². The number of urea groups is 1. The van der Waals surface area contributed by atoms with Crippen LogP contribution in [0, 0.1) is 5.92 Å². The lowest BCUT2D eigenvalue weighted by Gasteiger charge is -2.35. The summed E-state index contributed by atoms with van der Waals surface area (Å²) in [5, 5.41) is 12.4. The molecule has 2 aliphatic heterocycles. The summed E-state index contributed by atoms with van der Waals surface area (Å²) >= 11 is 0. The summed E-state index contributed by atoms with van der Waals surface area (Å²) in [5.41, 5.74) is 0.